The zero-order chi connectivity index (χ0) is 15.3. The van der Waals surface area contributed by atoms with E-state index in [2.05, 4.69) is 15.4 Å². The van der Waals surface area contributed by atoms with Gasteiger partial charge in [0.25, 0.3) is 0 Å². The molecule has 0 aliphatic carbocycles. The van der Waals surface area contributed by atoms with Crippen LogP contribution in [0, 0.1) is 5.92 Å². The second-order valence-corrected chi connectivity index (χ2v) is 7.06. The summed E-state index contributed by atoms with van der Waals surface area (Å²) in [6.45, 7) is 1.93. The van der Waals surface area contributed by atoms with E-state index in [-0.39, 0.29) is 10.8 Å². The minimum atomic E-state index is -3.44. The van der Waals surface area contributed by atoms with Crippen LogP contribution in [0.5, 0.6) is 0 Å². The second-order valence-electron chi connectivity index (χ2n) is 5.18. The predicted molar refractivity (Wildman–Crippen MR) is 81.5 cm³/mol. The first kappa shape index (κ1) is 15.9. The molecule has 1 fully saturated rings. The Balaban J connectivity index is 1.92. The van der Waals surface area contributed by atoms with Crippen LogP contribution in [-0.4, -0.2) is 34.5 Å². The lowest BCUT2D eigenvalue weighted by Gasteiger charge is -2.21. The molecule has 0 aromatic heterocycles. The maximum Gasteiger partial charge on any atom is 0.240 e. The average Bonchev–Trinajstić information content (AvgIpc) is 2.48. The molecule has 1 amide bonds. The third-order valence-electron chi connectivity index (χ3n) is 3.65. The first-order valence-electron chi connectivity index (χ1n) is 7.05. The topological polar surface area (TPSA) is 87.3 Å². The molecule has 0 radical (unpaired) electrons. The summed E-state index contributed by atoms with van der Waals surface area (Å²) in [5, 5.41) is 6.08. The molecule has 0 bridgehead atoms. The Kier molecular flexibility index (Phi) is 5.33. The zero-order valence-electron chi connectivity index (χ0n) is 12.1. The number of carbonyl (C=O) groups excluding carboxylic acids is 1. The summed E-state index contributed by atoms with van der Waals surface area (Å²) in [6.07, 6.45) is 2.55. The van der Waals surface area contributed by atoms with Crippen LogP contribution in [0.25, 0.3) is 0 Å². The highest BCUT2D eigenvalue weighted by Crippen LogP contribution is 2.18. The molecule has 0 unspecified atom stereocenters. The van der Waals surface area contributed by atoms with E-state index in [0.29, 0.717) is 18.0 Å². The summed E-state index contributed by atoms with van der Waals surface area (Å²) in [6, 6.07) is 6.16. The van der Waals surface area contributed by atoms with Gasteiger partial charge in [0.2, 0.25) is 15.9 Å². The van der Waals surface area contributed by atoms with Gasteiger partial charge in [-0.25, -0.2) is 13.1 Å². The van der Waals surface area contributed by atoms with Crippen molar-refractivity contribution in [3.8, 4) is 0 Å². The molecule has 1 heterocycles. The van der Waals surface area contributed by atoms with Crippen LogP contribution < -0.4 is 15.4 Å². The van der Waals surface area contributed by atoms with Crippen molar-refractivity contribution < 1.29 is 13.2 Å². The predicted octanol–water partition coefficient (Wildman–Crippen LogP) is 0.923. The van der Waals surface area contributed by atoms with E-state index in [1.165, 1.54) is 19.2 Å². The number of hydrogen-bond acceptors (Lipinski definition) is 4. The molecule has 3 N–H and O–H groups in total. The lowest BCUT2D eigenvalue weighted by Crippen LogP contribution is -2.30. The van der Waals surface area contributed by atoms with Gasteiger partial charge >= 0.3 is 0 Å². The number of carbonyl (C=O) groups is 1. The zero-order valence-corrected chi connectivity index (χ0v) is 12.9. The molecule has 2 rings (SSSR count). The van der Waals surface area contributed by atoms with Crippen molar-refractivity contribution in [2.24, 2.45) is 5.92 Å². The largest absolute Gasteiger partial charge is 0.326 e. The van der Waals surface area contributed by atoms with Gasteiger partial charge in [0.15, 0.2) is 0 Å². The van der Waals surface area contributed by atoms with E-state index in [1.807, 2.05) is 0 Å². The van der Waals surface area contributed by atoms with Crippen molar-refractivity contribution in [3.05, 3.63) is 24.3 Å². The van der Waals surface area contributed by atoms with Crippen LogP contribution in [0.15, 0.2) is 29.2 Å². The maximum atomic E-state index is 12.0. The van der Waals surface area contributed by atoms with Crippen molar-refractivity contribution in [1.29, 1.82) is 0 Å². The molecule has 1 aromatic rings. The third-order valence-corrected chi connectivity index (χ3v) is 5.08. The number of benzene rings is 1. The van der Waals surface area contributed by atoms with Crippen LogP contribution in [0.2, 0.25) is 0 Å². The molecule has 21 heavy (non-hydrogen) atoms. The quantitative estimate of drug-likeness (QED) is 0.755. The number of nitrogens with one attached hydrogen (secondary N) is 3. The van der Waals surface area contributed by atoms with Crippen molar-refractivity contribution in [1.82, 2.24) is 10.0 Å². The summed E-state index contributed by atoms with van der Waals surface area (Å²) in [4.78, 5) is 12.1. The van der Waals surface area contributed by atoms with Gasteiger partial charge in [-0.15, -0.1) is 0 Å². The molecule has 0 spiro atoms. The highest BCUT2D eigenvalue weighted by Gasteiger charge is 2.17. The van der Waals surface area contributed by atoms with Gasteiger partial charge in [-0.3, -0.25) is 4.79 Å². The Labute approximate surface area is 125 Å². The van der Waals surface area contributed by atoms with Crippen molar-refractivity contribution in [3.63, 3.8) is 0 Å². The van der Waals surface area contributed by atoms with Gasteiger partial charge in [-0.05, 0) is 63.2 Å². The summed E-state index contributed by atoms with van der Waals surface area (Å²) >= 11 is 0. The van der Waals surface area contributed by atoms with Crippen LogP contribution in [0.4, 0.5) is 5.69 Å². The SMILES string of the molecule is CNS(=O)(=O)c1ccc(NC(=O)CC2CCNCC2)cc1. The molecule has 6 nitrogen and oxygen atoms in total. The highest BCUT2D eigenvalue weighted by atomic mass is 32.2. The Bertz CT molecular complexity index is 578. The molecule has 1 saturated heterocycles. The van der Waals surface area contributed by atoms with E-state index in [0.717, 1.165) is 25.9 Å². The summed E-state index contributed by atoms with van der Waals surface area (Å²) in [5.41, 5.74) is 0.615. The van der Waals surface area contributed by atoms with Crippen LogP contribution in [-0.2, 0) is 14.8 Å². The lowest BCUT2D eigenvalue weighted by atomic mass is 9.94. The molecular formula is C14H21N3O3S. The smallest absolute Gasteiger partial charge is 0.240 e. The number of rotatable bonds is 5. The van der Waals surface area contributed by atoms with Crippen LogP contribution in [0.3, 0.4) is 0 Å². The number of amides is 1. The van der Waals surface area contributed by atoms with E-state index < -0.39 is 10.0 Å². The minimum absolute atomic E-state index is 0.0221. The molecule has 1 aromatic carbocycles. The highest BCUT2D eigenvalue weighted by molar-refractivity contribution is 7.89. The lowest BCUT2D eigenvalue weighted by molar-refractivity contribution is -0.117. The molecule has 0 saturated carbocycles. The van der Waals surface area contributed by atoms with Gasteiger partial charge in [0.05, 0.1) is 4.90 Å². The molecular weight excluding hydrogens is 290 g/mol. The standard InChI is InChI=1S/C14H21N3O3S/c1-15-21(19,20)13-4-2-12(3-5-13)17-14(18)10-11-6-8-16-9-7-11/h2-5,11,15-16H,6-10H2,1H3,(H,17,18). The van der Waals surface area contributed by atoms with Crippen molar-refractivity contribution in [2.75, 3.05) is 25.5 Å². The van der Waals surface area contributed by atoms with E-state index in [4.69, 9.17) is 0 Å². The van der Waals surface area contributed by atoms with E-state index in [9.17, 15) is 13.2 Å². The van der Waals surface area contributed by atoms with Gasteiger partial charge in [-0.2, -0.15) is 0 Å². The first-order valence-corrected chi connectivity index (χ1v) is 8.54. The van der Waals surface area contributed by atoms with Gasteiger partial charge < -0.3 is 10.6 Å². The first-order chi connectivity index (χ1) is 10.0. The average molecular weight is 311 g/mol. The Morgan fingerprint density at radius 2 is 1.86 bits per heavy atom. The second kappa shape index (κ2) is 7.02. The Morgan fingerprint density at radius 3 is 2.43 bits per heavy atom. The summed E-state index contributed by atoms with van der Waals surface area (Å²) in [5.74, 6) is 0.404. The van der Waals surface area contributed by atoms with Gasteiger partial charge in [0, 0.05) is 12.1 Å². The Morgan fingerprint density at radius 1 is 1.24 bits per heavy atom. The van der Waals surface area contributed by atoms with Crippen molar-refractivity contribution >= 4 is 21.6 Å². The number of anilines is 1. The van der Waals surface area contributed by atoms with E-state index >= 15 is 0 Å². The monoisotopic (exact) mass is 311 g/mol. The van der Waals surface area contributed by atoms with Gasteiger partial charge in [0.1, 0.15) is 0 Å². The normalized spacial score (nSPS) is 16.6. The maximum absolute atomic E-state index is 12.0. The summed E-state index contributed by atoms with van der Waals surface area (Å²) < 4.78 is 25.4. The number of sulfonamides is 1. The van der Waals surface area contributed by atoms with Crippen molar-refractivity contribution in [2.45, 2.75) is 24.2 Å². The van der Waals surface area contributed by atoms with Gasteiger partial charge in [-0.1, -0.05) is 0 Å². The molecule has 1 aliphatic heterocycles. The number of hydrogen-bond donors (Lipinski definition) is 3. The van der Waals surface area contributed by atoms with E-state index in [1.54, 1.807) is 12.1 Å². The van der Waals surface area contributed by atoms with Crippen LogP contribution in [0.1, 0.15) is 19.3 Å². The molecule has 116 valence electrons. The molecule has 1 aliphatic rings. The molecule has 0 atom stereocenters. The molecule has 7 heteroatoms. The van der Waals surface area contributed by atoms with Crippen LogP contribution >= 0.6 is 0 Å². The number of piperidine rings is 1. The third kappa shape index (κ3) is 4.52. The minimum Gasteiger partial charge on any atom is -0.326 e. The fourth-order valence-corrected chi connectivity index (χ4v) is 3.13. The summed E-state index contributed by atoms with van der Waals surface area (Å²) in [7, 11) is -2.07. The fourth-order valence-electron chi connectivity index (χ4n) is 2.40. The fraction of sp³-hybridized carbons (Fsp3) is 0.500. The Hall–Kier alpha value is -1.44.